The van der Waals surface area contributed by atoms with Crippen molar-refractivity contribution in [2.45, 2.75) is 18.9 Å². The van der Waals surface area contributed by atoms with E-state index in [-0.39, 0.29) is 30.0 Å². The summed E-state index contributed by atoms with van der Waals surface area (Å²) in [4.78, 5) is 26.2. The fourth-order valence-corrected chi connectivity index (χ4v) is 3.18. The molecule has 1 N–H and O–H groups in total. The third kappa shape index (κ3) is 4.79. The molecule has 0 aliphatic carbocycles. The van der Waals surface area contributed by atoms with Crippen LogP contribution >= 0.6 is 0 Å². The number of carbonyl (C=O) groups is 2. The van der Waals surface area contributed by atoms with Crippen LogP contribution in [-0.4, -0.2) is 49.6 Å². The summed E-state index contributed by atoms with van der Waals surface area (Å²) in [7, 11) is 1.54. The molecule has 1 aliphatic rings. The maximum absolute atomic E-state index is 13.8. The number of benzene rings is 2. The third-order valence-electron chi connectivity index (χ3n) is 4.68. The van der Waals surface area contributed by atoms with Crippen LogP contribution in [0.5, 0.6) is 11.5 Å². The predicted octanol–water partition coefficient (Wildman–Crippen LogP) is 2.63. The number of para-hydroxylation sites is 2. The van der Waals surface area contributed by atoms with Crippen molar-refractivity contribution in [1.82, 2.24) is 10.2 Å². The van der Waals surface area contributed by atoms with E-state index < -0.39 is 5.82 Å². The first-order chi connectivity index (χ1) is 13.6. The lowest BCUT2D eigenvalue weighted by Gasteiger charge is -2.32. The van der Waals surface area contributed by atoms with Crippen molar-refractivity contribution in [2.75, 3.05) is 26.8 Å². The van der Waals surface area contributed by atoms with Crippen molar-refractivity contribution in [3.8, 4) is 11.5 Å². The van der Waals surface area contributed by atoms with E-state index in [4.69, 9.17) is 9.47 Å². The molecule has 0 unspecified atom stereocenters. The summed E-state index contributed by atoms with van der Waals surface area (Å²) in [6, 6.07) is 13.0. The molecule has 0 spiro atoms. The van der Waals surface area contributed by atoms with Crippen LogP contribution in [0.15, 0.2) is 48.5 Å². The molecule has 0 aromatic heterocycles. The average Bonchev–Trinajstić information content (AvgIpc) is 2.73. The smallest absolute Gasteiger partial charge is 0.258 e. The molecule has 2 amide bonds. The van der Waals surface area contributed by atoms with E-state index in [1.165, 1.54) is 12.1 Å². The van der Waals surface area contributed by atoms with Crippen LogP contribution in [0, 0.1) is 5.82 Å². The molecule has 0 atom stereocenters. The van der Waals surface area contributed by atoms with Crippen LogP contribution in [0.1, 0.15) is 23.2 Å². The van der Waals surface area contributed by atoms with Gasteiger partial charge in [0.25, 0.3) is 11.8 Å². The van der Waals surface area contributed by atoms with Gasteiger partial charge in [-0.15, -0.1) is 0 Å². The number of amides is 2. The highest BCUT2D eigenvalue weighted by molar-refractivity contribution is 5.94. The van der Waals surface area contributed by atoms with E-state index >= 15 is 0 Å². The zero-order valence-electron chi connectivity index (χ0n) is 15.7. The van der Waals surface area contributed by atoms with Crippen molar-refractivity contribution < 1.29 is 23.5 Å². The van der Waals surface area contributed by atoms with Crippen molar-refractivity contribution in [3.63, 3.8) is 0 Å². The molecule has 1 fully saturated rings. The minimum absolute atomic E-state index is 0.0431. The molecular formula is C21H23FN2O4. The molecule has 1 saturated heterocycles. The molecule has 28 heavy (non-hydrogen) atoms. The molecule has 6 nitrogen and oxygen atoms in total. The van der Waals surface area contributed by atoms with E-state index in [9.17, 15) is 14.0 Å². The predicted molar refractivity (Wildman–Crippen MR) is 102 cm³/mol. The first-order valence-corrected chi connectivity index (χ1v) is 9.17. The second-order valence-electron chi connectivity index (χ2n) is 6.55. The van der Waals surface area contributed by atoms with Gasteiger partial charge in [-0.25, -0.2) is 4.39 Å². The molecule has 148 valence electrons. The number of rotatable bonds is 6. The Bertz CT molecular complexity index is 835. The number of carbonyl (C=O) groups excluding carboxylic acids is 2. The Morgan fingerprint density at radius 1 is 1.07 bits per heavy atom. The third-order valence-corrected chi connectivity index (χ3v) is 4.68. The zero-order chi connectivity index (χ0) is 19.9. The van der Waals surface area contributed by atoms with Crippen LogP contribution in [-0.2, 0) is 4.79 Å². The van der Waals surface area contributed by atoms with Gasteiger partial charge in [0, 0.05) is 19.1 Å². The molecule has 0 saturated carbocycles. The van der Waals surface area contributed by atoms with Crippen LogP contribution in [0.25, 0.3) is 0 Å². The number of likely N-dealkylation sites (tertiary alicyclic amines) is 1. The van der Waals surface area contributed by atoms with Gasteiger partial charge in [-0.1, -0.05) is 24.3 Å². The number of ether oxygens (including phenoxy) is 2. The van der Waals surface area contributed by atoms with Gasteiger partial charge < -0.3 is 19.7 Å². The average molecular weight is 386 g/mol. The number of hydrogen-bond donors (Lipinski definition) is 1. The lowest BCUT2D eigenvalue weighted by atomic mass is 10.0. The van der Waals surface area contributed by atoms with Crippen LogP contribution in [0.3, 0.4) is 0 Å². The van der Waals surface area contributed by atoms with Gasteiger partial charge in [0.2, 0.25) is 0 Å². The second-order valence-corrected chi connectivity index (χ2v) is 6.55. The van der Waals surface area contributed by atoms with E-state index in [0.29, 0.717) is 37.4 Å². The van der Waals surface area contributed by atoms with Gasteiger partial charge in [-0.05, 0) is 37.1 Å². The van der Waals surface area contributed by atoms with Crippen molar-refractivity contribution >= 4 is 11.8 Å². The number of methoxy groups -OCH3 is 1. The van der Waals surface area contributed by atoms with Crippen LogP contribution < -0.4 is 14.8 Å². The number of piperidine rings is 1. The van der Waals surface area contributed by atoms with Crippen molar-refractivity contribution in [3.05, 3.63) is 59.9 Å². The summed E-state index contributed by atoms with van der Waals surface area (Å²) in [5, 5.41) is 2.92. The van der Waals surface area contributed by atoms with Gasteiger partial charge in [-0.2, -0.15) is 0 Å². The highest BCUT2D eigenvalue weighted by atomic mass is 19.1. The Hall–Kier alpha value is -3.09. The van der Waals surface area contributed by atoms with Gasteiger partial charge in [0.05, 0.1) is 12.7 Å². The van der Waals surface area contributed by atoms with Crippen LogP contribution in [0.4, 0.5) is 4.39 Å². The number of nitrogens with one attached hydrogen (secondary N) is 1. The Balaban J connectivity index is 1.46. The van der Waals surface area contributed by atoms with Crippen LogP contribution in [0.2, 0.25) is 0 Å². The quantitative estimate of drug-likeness (QED) is 0.829. The Morgan fingerprint density at radius 2 is 1.71 bits per heavy atom. The van der Waals surface area contributed by atoms with E-state index in [2.05, 4.69) is 5.32 Å². The van der Waals surface area contributed by atoms with E-state index in [1.54, 1.807) is 42.3 Å². The van der Waals surface area contributed by atoms with Crippen molar-refractivity contribution in [1.29, 1.82) is 0 Å². The lowest BCUT2D eigenvalue weighted by molar-refractivity contribution is -0.124. The molecule has 0 radical (unpaired) electrons. The van der Waals surface area contributed by atoms with Gasteiger partial charge in [0.15, 0.2) is 18.1 Å². The second kappa shape index (κ2) is 9.21. The number of halogens is 1. The maximum Gasteiger partial charge on any atom is 0.258 e. The maximum atomic E-state index is 13.8. The molecule has 2 aromatic carbocycles. The monoisotopic (exact) mass is 386 g/mol. The lowest BCUT2D eigenvalue weighted by Crippen LogP contribution is -2.47. The minimum atomic E-state index is -0.517. The Labute approximate surface area is 163 Å². The molecule has 0 bridgehead atoms. The Kier molecular flexibility index (Phi) is 6.47. The minimum Gasteiger partial charge on any atom is -0.493 e. The molecule has 1 heterocycles. The SMILES string of the molecule is COc1ccccc1OCC(=O)NC1CCN(C(=O)c2ccccc2F)CC1. The standard InChI is InChI=1S/C21H23FN2O4/c1-27-18-8-4-5-9-19(18)28-14-20(25)23-15-10-12-24(13-11-15)21(26)16-6-2-3-7-17(16)22/h2-9,15H,10-14H2,1H3,(H,23,25). The molecular weight excluding hydrogens is 363 g/mol. The molecule has 2 aromatic rings. The topological polar surface area (TPSA) is 67.9 Å². The first kappa shape index (κ1) is 19.7. The Morgan fingerprint density at radius 3 is 2.39 bits per heavy atom. The molecule has 7 heteroatoms. The zero-order valence-corrected chi connectivity index (χ0v) is 15.7. The highest BCUT2D eigenvalue weighted by Gasteiger charge is 2.26. The highest BCUT2D eigenvalue weighted by Crippen LogP contribution is 2.25. The van der Waals surface area contributed by atoms with E-state index in [0.717, 1.165) is 0 Å². The summed E-state index contributed by atoms with van der Waals surface area (Å²) in [6.45, 7) is 0.811. The van der Waals surface area contributed by atoms with E-state index in [1.807, 2.05) is 6.07 Å². The largest absolute Gasteiger partial charge is 0.493 e. The summed E-state index contributed by atoms with van der Waals surface area (Å²) in [5.41, 5.74) is 0.0789. The summed E-state index contributed by atoms with van der Waals surface area (Å²) < 4.78 is 24.5. The summed E-state index contributed by atoms with van der Waals surface area (Å²) in [5.74, 6) is 0.00398. The summed E-state index contributed by atoms with van der Waals surface area (Å²) in [6.07, 6.45) is 1.22. The van der Waals surface area contributed by atoms with Gasteiger partial charge in [0.1, 0.15) is 5.82 Å². The normalized spacial score (nSPS) is 14.4. The molecule has 3 rings (SSSR count). The van der Waals surface area contributed by atoms with Gasteiger partial charge in [-0.3, -0.25) is 9.59 Å². The number of hydrogen-bond acceptors (Lipinski definition) is 4. The summed E-state index contributed by atoms with van der Waals surface area (Å²) >= 11 is 0. The number of nitrogens with zero attached hydrogens (tertiary/aromatic N) is 1. The van der Waals surface area contributed by atoms with Crippen molar-refractivity contribution in [2.24, 2.45) is 0 Å². The fraction of sp³-hybridized carbons (Fsp3) is 0.333. The molecule has 1 aliphatic heterocycles. The fourth-order valence-electron chi connectivity index (χ4n) is 3.18. The first-order valence-electron chi connectivity index (χ1n) is 9.17. The van der Waals surface area contributed by atoms with Gasteiger partial charge >= 0.3 is 0 Å².